The topological polar surface area (TPSA) is 96.0 Å². The van der Waals surface area contributed by atoms with Crippen molar-refractivity contribution < 1.29 is 13.6 Å². The Labute approximate surface area is 97.2 Å². The van der Waals surface area contributed by atoms with Gasteiger partial charge in [0.2, 0.25) is 10.0 Å². The van der Waals surface area contributed by atoms with Gasteiger partial charge in [-0.1, -0.05) is 19.0 Å². The van der Waals surface area contributed by atoms with E-state index in [0.717, 1.165) is 0 Å². The predicted molar refractivity (Wildman–Crippen MR) is 63.9 cm³/mol. The van der Waals surface area contributed by atoms with Crippen molar-refractivity contribution in [1.29, 1.82) is 0 Å². The van der Waals surface area contributed by atoms with Gasteiger partial charge in [0.15, 0.2) is 0 Å². The molecule has 0 spiro atoms. The van der Waals surface area contributed by atoms with Gasteiger partial charge in [-0.25, -0.2) is 12.7 Å². The summed E-state index contributed by atoms with van der Waals surface area (Å²) in [6.07, 6.45) is 0. The molecule has 0 saturated heterocycles. The van der Waals surface area contributed by atoms with E-state index in [0.29, 0.717) is 6.54 Å². The second kappa shape index (κ2) is 6.05. The Morgan fingerprint density at radius 2 is 1.94 bits per heavy atom. The average molecular weight is 251 g/mol. The van der Waals surface area contributed by atoms with Crippen molar-refractivity contribution in [2.24, 2.45) is 16.8 Å². The van der Waals surface area contributed by atoms with E-state index in [9.17, 15) is 8.42 Å². The molecule has 7 heteroatoms. The third-order valence-corrected chi connectivity index (χ3v) is 4.72. The predicted octanol–water partition coefficient (Wildman–Crippen LogP) is 0.429. The van der Waals surface area contributed by atoms with E-state index in [1.54, 1.807) is 27.7 Å². The molecule has 16 heavy (non-hydrogen) atoms. The van der Waals surface area contributed by atoms with Crippen LogP contribution >= 0.6 is 0 Å². The molecule has 0 fully saturated rings. The highest BCUT2D eigenvalue weighted by atomic mass is 32.2. The van der Waals surface area contributed by atoms with Gasteiger partial charge in [-0.05, 0) is 13.8 Å². The molecular weight excluding hydrogens is 230 g/mol. The van der Waals surface area contributed by atoms with Crippen LogP contribution in [0.3, 0.4) is 0 Å². The zero-order valence-electron chi connectivity index (χ0n) is 10.2. The molecule has 3 N–H and O–H groups in total. The number of oxime groups is 1. The Kier molecular flexibility index (Phi) is 5.74. The minimum absolute atomic E-state index is 0.0393. The SMILES string of the molecule is CCN(CC(C)C(N)=NO)S(=O)(=O)C(C)C. The molecule has 0 aliphatic carbocycles. The lowest BCUT2D eigenvalue weighted by atomic mass is 10.1. The normalized spacial score (nSPS) is 15.8. The van der Waals surface area contributed by atoms with E-state index in [1.807, 2.05) is 0 Å². The van der Waals surface area contributed by atoms with Gasteiger partial charge in [0, 0.05) is 19.0 Å². The van der Waals surface area contributed by atoms with Gasteiger partial charge < -0.3 is 10.9 Å². The summed E-state index contributed by atoms with van der Waals surface area (Å²) in [5, 5.41) is 10.9. The quantitative estimate of drug-likeness (QED) is 0.310. The lowest BCUT2D eigenvalue weighted by Crippen LogP contribution is -2.41. The van der Waals surface area contributed by atoms with Crippen LogP contribution in [0, 0.1) is 5.92 Å². The molecule has 0 aliphatic heterocycles. The van der Waals surface area contributed by atoms with Crippen LogP contribution in [0.25, 0.3) is 0 Å². The molecule has 0 bridgehead atoms. The van der Waals surface area contributed by atoms with Crippen molar-refractivity contribution in [2.45, 2.75) is 32.9 Å². The first-order chi connectivity index (χ1) is 7.27. The summed E-state index contributed by atoms with van der Waals surface area (Å²) >= 11 is 0. The molecule has 0 aliphatic rings. The fraction of sp³-hybridized carbons (Fsp3) is 0.889. The second-order valence-corrected chi connectivity index (χ2v) is 6.46. The van der Waals surface area contributed by atoms with Gasteiger partial charge in [-0.15, -0.1) is 0 Å². The Morgan fingerprint density at radius 3 is 2.25 bits per heavy atom. The summed E-state index contributed by atoms with van der Waals surface area (Å²) in [5.41, 5.74) is 5.42. The van der Waals surface area contributed by atoms with Crippen LogP contribution < -0.4 is 5.73 Å². The maximum absolute atomic E-state index is 11.9. The number of hydrogen-bond donors (Lipinski definition) is 2. The van der Waals surface area contributed by atoms with Crippen LogP contribution in [-0.4, -0.2) is 42.1 Å². The first kappa shape index (κ1) is 15.2. The maximum Gasteiger partial charge on any atom is 0.216 e. The highest BCUT2D eigenvalue weighted by Gasteiger charge is 2.26. The molecule has 0 aromatic heterocycles. The van der Waals surface area contributed by atoms with Crippen LogP contribution in [0.4, 0.5) is 0 Å². The van der Waals surface area contributed by atoms with E-state index >= 15 is 0 Å². The van der Waals surface area contributed by atoms with E-state index in [4.69, 9.17) is 10.9 Å². The molecule has 0 radical (unpaired) electrons. The fourth-order valence-corrected chi connectivity index (χ4v) is 2.60. The molecule has 0 aromatic rings. The van der Waals surface area contributed by atoms with Crippen LogP contribution in [0.5, 0.6) is 0 Å². The lowest BCUT2D eigenvalue weighted by molar-refractivity contribution is 0.311. The molecule has 0 aromatic carbocycles. The van der Waals surface area contributed by atoms with Crippen molar-refractivity contribution in [3.63, 3.8) is 0 Å². The summed E-state index contributed by atoms with van der Waals surface area (Å²) in [6.45, 7) is 7.35. The van der Waals surface area contributed by atoms with E-state index in [1.165, 1.54) is 4.31 Å². The van der Waals surface area contributed by atoms with Crippen molar-refractivity contribution >= 4 is 15.9 Å². The minimum Gasteiger partial charge on any atom is -0.409 e. The highest BCUT2D eigenvalue weighted by Crippen LogP contribution is 2.11. The van der Waals surface area contributed by atoms with E-state index < -0.39 is 15.3 Å². The summed E-state index contributed by atoms with van der Waals surface area (Å²) in [4.78, 5) is 0. The number of hydrogen-bond acceptors (Lipinski definition) is 4. The summed E-state index contributed by atoms with van der Waals surface area (Å²) in [6, 6.07) is 0. The monoisotopic (exact) mass is 251 g/mol. The van der Waals surface area contributed by atoms with Crippen LogP contribution in [-0.2, 0) is 10.0 Å². The molecule has 0 rings (SSSR count). The van der Waals surface area contributed by atoms with Gasteiger partial charge >= 0.3 is 0 Å². The third-order valence-electron chi connectivity index (χ3n) is 2.41. The Balaban J connectivity index is 4.79. The largest absolute Gasteiger partial charge is 0.409 e. The van der Waals surface area contributed by atoms with Crippen molar-refractivity contribution in [3.05, 3.63) is 0 Å². The fourth-order valence-electron chi connectivity index (χ4n) is 1.21. The number of nitrogens with zero attached hydrogens (tertiary/aromatic N) is 2. The molecule has 96 valence electrons. The van der Waals surface area contributed by atoms with E-state index in [-0.39, 0.29) is 18.3 Å². The first-order valence-corrected chi connectivity index (χ1v) is 6.74. The maximum atomic E-state index is 11.9. The second-order valence-electron chi connectivity index (χ2n) is 3.97. The molecule has 6 nitrogen and oxygen atoms in total. The van der Waals surface area contributed by atoms with Gasteiger partial charge in [0.1, 0.15) is 5.84 Å². The van der Waals surface area contributed by atoms with Crippen LogP contribution in [0.1, 0.15) is 27.7 Å². The molecule has 0 amide bonds. The standard InChI is InChI=1S/C9H21N3O3S/c1-5-12(16(14,15)7(2)3)6-8(4)9(10)11-13/h7-8,13H,5-6H2,1-4H3,(H2,10,11). The van der Waals surface area contributed by atoms with Gasteiger partial charge in [-0.2, -0.15) is 0 Å². The Hall–Kier alpha value is -0.820. The van der Waals surface area contributed by atoms with Crippen molar-refractivity contribution in [2.75, 3.05) is 13.1 Å². The molecule has 1 atom stereocenters. The number of rotatable bonds is 6. The van der Waals surface area contributed by atoms with Gasteiger partial charge in [0.25, 0.3) is 0 Å². The minimum atomic E-state index is -3.28. The number of amidine groups is 1. The van der Waals surface area contributed by atoms with Crippen LogP contribution in [0.15, 0.2) is 5.16 Å². The summed E-state index contributed by atoms with van der Waals surface area (Å²) in [7, 11) is -3.28. The summed E-state index contributed by atoms with van der Waals surface area (Å²) in [5.74, 6) is -0.268. The Morgan fingerprint density at radius 1 is 1.44 bits per heavy atom. The third kappa shape index (κ3) is 3.64. The first-order valence-electron chi connectivity index (χ1n) is 5.23. The van der Waals surface area contributed by atoms with Crippen molar-refractivity contribution in [1.82, 2.24) is 4.31 Å². The van der Waals surface area contributed by atoms with Crippen LogP contribution in [0.2, 0.25) is 0 Å². The zero-order valence-corrected chi connectivity index (χ0v) is 11.0. The molecule has 0 saturated carbocycles. The number of sulfonamides is 1. The van der Waals surface area contributed by atoms with E-state index in [2.05, 4.69) is 5.16 Å². The number of nitrogens with two attached hydrogens (primary N) is 1. The molecule has 0 heterocycles. The van der Waals surface area contributed by atoms with Gasteiger partial charge in [0.05, 0.1) is 5.25 Å². The zero-order chi connectivity index (χ0) is 12.9. The van der Waals surface area contributed by atoms with Gasteiger partial charge in [-0.3, -0.25) is 0 Å². The molecular formula is C9H21N3O3S. The highest BCUT2D eigenvalue weighted by molar-refractivity contribution is 7.89. The summed E-state index contributed by atoms with van der Waals surface area (Å²) < 4.78 is 25.1. The average Bonchev–Trinajstić information content (AvgIpc) is 2.23. The Bertz CT molecular complexity index is 338. The molecule has 1 unspecified atom stereocenters. The smallest absolute Gasteiger partial charge is 0.216 e. The lowest BCUT2D eigenvalue weighted by Gasteiger charge is -2.25. The van der Waals surface area contributed by atoms with Crippen molar-refractivity contribution in [3.8, 4) is 0 Å².